The van der Waals surface area contributed by atoms with Crippen LogP contribution in [0.4, 0.5) is 0 Å². The summed E-state index contributed by atoms with van der Waals surface area (Å²) in [7, 11) is -3.07. The van der Waals surface area contributed by atoms with E-state index < -0.39 is 10.0 Å². The van der Waals surface area contributed by atoms with Gasteiger partial charge in [0.05, 0.1) is 5.25 Å². The summed E-state index contributed by atoms with van der Waals surface area (Å²) in [6.45, 7) is 2.32. The van der Waals surface area contributed by atoms with Crippen LogP contribution in [0.25, 0.3) is 0 Å². The second-order valence-electron chi connectivity index (χ2n) is 4.59. The standard InChI is InChI=1S/C11H20N2O2S/c14-16(15,11-3-1-2-4-11)13-9-10-5-7-12-8-6-10/h5,11-13H,1-4,6-9H2. The van der Waals surface area contributed by atoms with Crippen LogP contribution in [0, 0.1) is 0 Å². The summed E-state index contributed by atoms with van der Waals surface area (Å²) in [6, 6.07) is 0. The van der Waals surface area contributed by atoms with Crippen LogP contribution in [-0.2, 0) is 10.0 Å². The first-order valence-corrected chi connectivity index (χ1v) is 7.60. The Morgan fingerprint density at radius 1 is 1.38 bits per heavy atom. The molecule has 2 N–H and O–H groups in total. The van der Waals surface area contributed by atoms with Crippen molar-refractivity contribution in [1.82, 2.24) is 10.0 Å². The third-order valence-corrected chi connectivity index (χ3v) is 5.30. The van der Waals surface area contributed by atoms with E-state index in [0.29, 0.717) is 6.54 Å². The molecule has 0 aromatic rings. The molecule has 92 valence electrons. The highest BCUT2D eigenvalue weighted by Gasteiger charge is 2.28. The van der Waals surface area contributed by atoms with Gasteiger partial charge in [-0.1, -0.05) is 24.5 Å². The lowest BCUT2D eigenvalue weighted by atomic mass is 10.1. The molecule has 1 aliphatic carbocycles. The van der Waals surface area contributed by atoms with Crippen LogP contribution >= 0.6 is 0 Å². The summed E-state index contributed by atoms with van der Waals surface area (Å²) in [5.74, 6) is 0. The van der Waals surface area contributed by atoms with Crippen LogP contribution in [-0.4, -0.2) is 33.3 Å². The Hall–Kier alpha value is -0.390. The van der Waals surface area contributed by atoms with Crippen LogP contribution in [0.3, 0.4) is 0 Å². The molecule has 1 saturated carbocycles. The molecule has 4 nitrogen and oxygen atoms in total. The maximum absolute atomic E-state index is 11.9. The first-order valence-electron chi connectivity index (χ1n) is 6.05. The topological polar surface area (TPSA) is 58.2 Å². The van der Waals surface area contributed by atoms with Gasteiger partial charge >= 0.3 is 0 Å². The Labute approximate surface area is 97.5 Å². The van der Waals surface area contributed by atoms with Gasteiger partial charge in [-0.2, -0.15) is 0 Å². The quantitative estimate of drug-likeness (QED) is 0.718. The molecule has 1 aliphatic heterocycles. The maximum Gasteiger partial charge on any atom is 0.214 e. The lowest BCUT2D eigenvalue weighted by Gasteiger charge is -2.16. The third-order valence-electron chi connectivity index (χ3n) is 3.40. The first kappa shape index (κ1) is 12.1. The van der Waals surface area contributed by atoms with Gasteiger partial charge in [-0.25, -0.2) is 13.1 Å². The summed E-state index contributed by atoms with van der Waals surface area (Å²) < 4.78 is 26.6. The van der Waals surface area contributed by atoms with Crippen LogP contribution in [0.1, 0.15) is 32.1 Å². The molecule has 2 rings (SSSR count). The molecule has 0 aromatic heterocycles. The largest absolute Gasteiger partial charge is 0.313 e. The zero-order valence-corrected chi connectivity index (χ0v) is 10.4. The van der Waals surface area contributed by atoms with E-state index in [4.69, 9.17) is 0 Å². The molecule has 0 spiro atoms. The van der Waals surface area contributed by atoms with Crippen molar-refractivity contribution in [2.45, 2.75) is 37.4 Å². The van der Waals surface area contributed by atoms with Gasteiger partial charge in [-0.05, 0) is 25.8 Å². The average Bonchev–Trinajstić information content (AvgIpc) is 2.82. The smallest absolute Gasteiger partial charge is 0.214 e. The van der Waals surface area contributed by atoms with Gasteiger partial charge in [0.25, 0.3) is 0 Å². The van der Waals surface area contributed by atoms with Gasteiger partial charge < -0.3 is 5.32 Å². The normalized spacial score (nSPS) is 23.4. The van der Waals surface area contributed by atoms with E-state index in [9.17, 15) is 8.42 Å². The third kappa shape index (κ3) is 3.06. The maximum atomic E-state index is 11.9. The van der Waals surface area contributed by atoms with Crippen molar-refractivity contribution in [1.29, 1.82) is 0 Å². The van der Waals surface area contributed by atoms with Crippen molar-refractivity contribution in [3.8, 4) is 0 Å². The molecule has 0 saturated heterocycles. The monoisotopic (exact) mass is 244 g/mol. The van der Waals surface area contributed by atoms with E-state index in [1.807, 2.05) is 0 Å². The molecule has 1 heterocycles. The number of sulfonamides is 1. The molecular weight excluding hydrogens is 224 g/mol. The highest BCUT2D eigenvalue weighted by molar-refractivity contribution is 7.90. The van der Waals surface area contributed by atoms with Crippen molar-refractivity contribution in [2.75, 3.05) is 19.6 Å². The van der Waals surface area contributed by atoms with Crippen molar-refractivity contribution >= 4 is 10.0 Å². The zero-order chi connectivity index (χ0) is 11.4. The minimum Gasteiger partial charge on any atom is -0.313 e. The molecule has 0 radical (unpaired) electrons. The summed E-state index contributed by atoms with van der Waals surface area (Å²) in [6.07, 6.45) is 6.80. The van der Waals surface area contributed by atoms with E-state index in [2.05, 4.69) is 16.1 Å². The lowest BCUT2D eigenvalue weighted by molar-refractivity contribution is 0.565. The fraction of sp³-hybridized carbons (Fsp3) is 0.818. The van der Waals surface area contributed by atoms with Gasteiger partial charge in [0.1, 0.15) is 0 Å². The molecule has 0 unspecified atom stereocenters. The molecule has 5 heteroatoms. The van der Waals surface area contributed by atoms with Gasteiger partial charge in [-0.15, -0.1) is 0 Å². The average molecular weight is 244 g/mol. The van der Waals surface area contributed by atoms with Gasteiger partial charge in [-0.3, -0.25) is 0 Å². The molecular formula is C11H20N2O2S. The Kier molecular flexibility index (Phi) is 4.00. The zero-order valence-electron chi connectivity index (χ0n) is 9.54. The SMILES string of the molecule is O=S(=O)(NCC1=CCNCC1)C1CCCC1. The van der Waals surface area contributed by atoms with Crippen LogP contribution < -0.4 is 10.0 Å². The van der Waals surface area contributed by atoms with E-state index >= 15 is 0 Å². The van der Waals surface area contributed by atoms with E-state index in [0.717, 1.165) is 45.2 Å². The fourth-order valence-electron chi connectivity index (χ4n) is 2.34. The summed E-state index contributed by atoms with van der Waals surface area (Å²) >= 11 is 0. The lowest BCUT2D eigenvalue weighted by Crippen LogP contribution is -2.35. The van der Waals surface area contributed by atoms with Gasteiger partial charge in [0.15, 0.2) is 0 Å². The minimum atomic E-state index is -3.07. The molecule has 0 atom stereocenters. The van der Waals surface area contributed by atoms with Crippen molar-refractivity contribution in [3.63, 3.8) is 0 Å². The van der Waals surface area contributed by atoms with Gasteiger partial charge in [0.2, 0.25) is 10.0 Å². The highest BCUT2D eigenvalue weighted by atomic mass is 32.2. The number of hydrogen-bond donors (Lipinski definition) is 2. The van der Waals surface area contributed by atoms with E-state index in [1.165, 1.54) is 5.57 Å². The summed E-state index contributed by atoms with van der Waals surface area (Å²) in [4.78, 5) is 0. The molecule has 1 fully saturated rings. The van der Waals surface area contributed by atoms with E-state index in [-0.39, 0.29) is 5.25 Å². The Balaban J connectivity index is 1.86. The van der Waals surface area contributed by atoms with Crippen molar-refractivity contribution < 1.29 is 8.42 Å². The summed E-state index contributed by atoms with van der Waals surface area (Å²) in [5, 5.41) is 3.07. The summed E-state index contributed by atoms with van der Waals surface area (Å²) in [5.41, 5.74) is 1.21. The van der Waals surface area contributed by atoms with Crippen molar-refractivity contribution in [2.24, 2.45) is 0 Å². The van der Waals surface area contributed by atoms with Crippen LogP contribution in [0.15, 0.2) is 11.6 Å². The fourth-order valence-corrected chi connectivity index (χ4v) is 3.92. The molecule has 16 heavy (non-hydrogen) atoms. The predicted molar refractivity (Wildman–Crippen MR) is 64.7 cm³/mol. The Morgan fingerprint density at radius 3 is 2.75 bits per heavy atom. The molecule has 0 bridgehead atoms. The van der Waals surface area contributed by atoms with E-state index in [1.54, 1.807) is 0 Å². The number of rotatable bonds is 4. The van der Waals surface area contributed by atoms with Crippen molar-refractivity contribution in [3.05, 3.63) is 11.6 Å². The second-order valence-corrected chi connectivity index (χ2v) is 6.63. The number of nitrogens with one attached hydrogen (secondary N) is 2. The van der Waals surface area contributed by atoms with Crippen LogP contribution in [0.2, 0.25) is 0 Å². The number of hydrogen-bond acceptors (Lipinski definition) is 3. The first-order chi connectivity index (χ1) is 7.68. The second kappa shape index (κ2) is 5.29. The Bertz CT molecular complexity index is 356. The predicted octanol–water partition coefficient (Wildman–Crippen LogP) is 0.768. The molecule has 2 aliphatic rings. The Morgan fingerprint density at radius 2 is 2.12 bits per heavy atom. The molecule has 0 amide bonds. The van der Waals surface area contributed by atoms with Crippen LogP contribution in [0.5, 0.6) is 0 Å². The highest BCUT2D eigenvalue weighted by Crippen LogP contribution is 2.24. The molecule has 0 aromatic carbocycles. The van der Waals surface area contributed by atoms with Gasteiger partial charge in [0, 0.05) is 13.1 Å². The minimum absolute atomic E-state index is 0.144.